The Morgan fingerprint density at radius 3 is 2.45 bits per heavy atom. The van der Waals surface area contributed by atoms with E-state index in [1.54, 1.807) is 7.05 Å². The van der Waals surface area contributed by atoms with Gasteiger partial charge >= 0.3 is 0 Å². The highest BCUT2D eigenvalue weighted by atomic mass is 19.1. The van der Waals surface area contributed by atoms with Gasteiger partial charge in [-0.25, -0.2) is 8.78 Å². The molecule has 1 N–H and O–H groups in total. The largest absolute Gasteiger partial charge is 0.342 e. The second kappa shape index (κ2) is 6.79. The molecule has 1 aromatic rings. The first kappa shape index (κ1) is 14.9. The number of hydrogen-bond donors (Lipinski definition) is 1. The summed E-state index contributed by atoms with van der Waals surface area (Å²) in [5, 5.41) is 3.30. The molecule has 0 saturated carbocycles. The van der Waals surface area contributed by atoms with Crippen molar-refractivity contribution >= 4 is 5.91 Å². The molecule has 1 saturated heterocycles. The number of amides is 1. The lowest BCUT2D eigenvalue weighted by molar-refractivity contribution is 0.0783. The van der Waals surface area contributed by atoms with Gasteiger partial charge in [-0.15, -0.1) is 0 Å². The molecule has 1 heterocycles. The molecule has 110 valence electrons. The van der Waals surface area contributed by atoms with Crippen molar-refractivity contribution in [1.29, 1.82) is 0 Å². The van der Waals surface area contributed by atoms with Crippen molar-refractivity contribution in [1.82, 2.24) is 10.2 Å². The lowest BCUT2D eigenvalue weighted by atomic mass is 9.94. The molecule has 20 heavy (non-hydrogen) atoms. The summed E-state index contributed by atoms with van der Waals surface area (Å²) in [7, 11) is 1.67. The standard InChI is InChI=1S/C15H20F2N2O/c1-19(7-4-11-2-5-18-6-3-11)15(20)12-8-13(16)10-14(17)9-12/h8-11,18H,2-7H2,1H3. The van der Waals surface area contributed by atoms with Crippen LogP contribution in [-0.2, 0) is 0 Å². The molecule has 1 aromatic carbocycles. The number of carbonyl (C=O) groups excluding carboxylic acids is 1. The molecule has 0 aliphatic carbocycles. The molecule has 2 rings (SSSR count). The van der Waals surface area contributed by atoms with E-state index in [4.69, 9.17) is 0 Å². The summed E-state index contributed by atoms with van der Waals surface area (Å²) in [6.45, 7) is 2.66. The molecule has 0 aromatic heterocycles. The van der Waals surface area contributed by atoms with Crippen molar-refractivity contribution in [3.8, 4) is 0 Å². The molecule has 3 nitrogen and oxygen atoms in total. The van der Waals surface area contributed by atoms with Crippen LogP contribution in [0.1, 0.15) is 29.6 Å². The van der Waals surface area contributed by atoms with Gasteiger partial charge in [0.2, 0.25) is 0 Å². The summed E-state index contributed by atoms with van der Waals surface area (Å²) in [4.78, 5) is 13.6. The van der Waals surface area contributed by atoms with E-state index < -0.39 is 11.6 Å². The maximum absolute atomic E-state index is 13.1. The van der Waals surface area contributed by atoms with Gasteiger partial charge in [-0.05, 0) is 50.4 Å². The van der Waals surface area contributed by atoms with Crippen LogP contribution < -0.4 is 5.32 Å². The van der Waals surface area contributed by atoms with E-state index in [0.29, 0.717) is 12.5 Å². The minimum Gasteiger partial charge on any atom is -0.342 e. The molecular weight excluding hydrogens is 262 g/mol. The Bertz CT molecular complexity index is 453. The van der Waals surface area contributed by atoms with E-state index in [-0.39, 0.29) is 11.5 Å². The smallest absolute Gasteiger partial charge is 0.253 e. The predicted molar refractivity (Wildman–Crippen MR) is 73.5 cm³/mol. The lowest BCUT2D eigenvalue weighted by Gasteiger charge is -2.25. The molecule has 0 radical (unpaired) electrons. The molecule has 0 spiro atoms. The Morgan fingerprint density at radius 1 is 1.25 bits per heavy atom. The Hall–Kier alpha value is -1.49. The third-order valence-electron chi connectivity index (χ3n) is 3.79. The first-order chi connectivity index (χ1) is 9.56. The van der Waals surface area contributed by atoms with Crippen LogP contribution >= 0.6 is 0 Å². The average molecular weight is 282 g/mol. The molecule has 0 atom stereocenters. The number of hydrogen-bond acceptors (Lipinski definition) is 2. The van der Waals surface area contributed by atoms with E-state index in [2.05, 4.69) is 5.32 Å². The van der Waals surface area contributed by atoms with Crippen molar-refractivity contribution in [2.45, 2.75) is 19.3 Å². The minimum atomic E-state index is -0.722. The Morgan fingerprint density at radius 2 is 1.85 bits per heavy atom. The van der Waals surface area contributed by atoms with Crippen LogP contribution in [0.2, 0.25) is 0 Å². The van der Waals surface area contributed by atoms with Gasteiger partial charge in [-0.3, -0.25) is 4.79 Å². The average Bonchev–Trinajstić information content (AvgIpc) is 2.44. The molecule has 5 heteroatoms. The van der Waals surface area contributed by atoms with Crippen LogP contribution in [0.15, 0.2) is 18.2 Å². The normalized spacial score (nSPS) is 16.1. The summed E-state index contributed by atoms with van der Waals surface area (Å²) >= 11 is 0. The number of carbonyl (C=O) groups is 1. The van der Waals surface area contributed by atoms with Crippen LogP contribution in [0.25, 0.3) is 0 Å². The topological polar surface area (TPSA) is 32.3 Å². The summed E-state index contributed by atoms with van der Waals surface area (Å²) in [5.74, 6) is -1.16. The van der Waals surface area contributed by atoms with E-state index in [0.717, 1.165) is 50.6 Å². The van der Waals surface area contributed by atoms with Crippen molar-refractivity contribution in [3.05, 3.63) is 35.4 Å². The maximum atomic E-state index is 13.1. The van der Waals surface area contributed by atoms with Gasteiger partial charge < -0.3 is 10.2 Å². The summed E-state index contributed by atoms with van der Waals surface area (Å²) in [6.07, 6.45) is 3.18. The zero-order valence-electron chi connectivity index (χ0n) is 11.7. The van der Waals surface area contributed by atoms with Crippen LogP contribution in [0.3, 0.4) is 0 Å². The van der Waals surface area contributed by atoms with E-state index >= 15 is 0 Å². The van der Waals surface area contributed by atoms with E-state index in [1.165, 1.54) is 4.90 Å². The second-order valence-corrected chi connectivity index (χ2v) is 5.37. The van der Waals surface area contributed by atoms with Gasteiger partial charge in [0.1, 0.15) is 11.6 Å². The molecule has 1 amide bonds. The molecule has 0 unspecified atom stereocenters. The summed E-state index contributed by atoms with van der Waals surface area (Å²) in [6, 6.07) is 2.92. The van der Waals surface area contributed by atoms with Gasteiger partial charge in [0.05, 0.1) is 0 Å². The zero-order chi connectivity index (χ0) is 14.5. The second-order valence-electron chi connectivity index (χ2n) is 5.37. The first-order valence-corrected chi connectivity index (χ1v) is 6.98. The van der Waals surface area contributed by atoms with E-state index in [1.807, 2.05) is 0 Å². The number of nitrogens with one attached hydrogen (secondary N) is 1. The van der Waals surface area contributed by atoms with Crippen molar-refractivity contribution in [3.63, 3.8) is 0 Å². The van der Waals surface area contributed by atoms with Crippen molar-refractivity contribution < 1.29 is 13.6 Å². The third-order valence-corrected chi connectivity index (χ3v) is 3.79. The highest BCUT2D eigenvalue weighted by Gasteiger charge is 2.17. The fourth-order valence-electron chi connectivity index (χ4n) is 2.55. The van der Waals surface area contributed by atoms with Gasteiger partial charge in [-0.2, -0.15) is 0 Å². The number of rotatable bonds is 4. The highest BCUT2D eigenvalue weighted by molar-refractivity contribution is 5.94. The fraction of sp³-hybridized carbons (Fsp3) is 0.533. The molecule has 0 bridgehead atoms. The minimum absolute atomic E-state index is 0.0651. The van der Waals surface area contributed by atoms with Gasteiger partial charge in [-0.1, -0.05) is 0 Å². The molecule has 1 fully saturated rings. The summed E-state index contributed by atoms with van der Waals surface area (Å²) < 4.78 is 26.2. The molecule has 1 aliphatic heterocycles. The highest BCUT2D eigenvalue weighted by Crippen LogP contribution is 2.17. The quantitative estimate of drug-likeness (QED) is 0.920. The van der Waals surface area contributed by atoms with Crippen molar-refractivity contribution in [2.24, 2.45) is 5.92 Å². The number of benzene rings is 1. The van der Waals surface area contributed by atoms with Gasteiger partial charge in [0.15, 0.2) is 0 Å². The predicted octanol–water partition coefficient (Wildman–Crippen LogP) is 2.43. The van der Waals surface area contributed by atoms with Crippen LogP contribution in [0.4, 0.5) is 8.78 Å². The monoisotopic (exact) mass is 282 g/mol. The number of halogens is 2. The summed E-state index contributed by atoms with van der Waals surface area (Å²) in [5.41, 5.74) is 0.0651. The molecular formula is C15H20F2N2O. The van der Waals surface area contributed by atoms with Crippen LogP contribution in [0, 0.1) is 17.6 Å². The van der Waals surface area contributed by atoms with Crippen molar-refractivity contribution in [2.75, 3.05) is 26.7 Å². The SMILES string of the molecule is CN(CCC1CCNCC1)C(=O)c1cc(F)cc(F)c1. The van der Waals surface area contributed by atoms with Crippen LogP contribution in [0.5, 0.6) is 0 Å². The van der Waals surface area contributed by atoms with Crippen LogP contribution in [-0.4, -0.2) is 37.5 Å². The van der Waals surface area contributed by atoms with Gasteiger partial charge in [0, 0.05) is 25.2 Å². The Kier molecular flexibility index (Phi) is 5.06. The lowest BCUT2D eigenvalue weighted by Crippen LogP contribution is -2.32. The number of nitrogens with zero attached hydrogens (tertiary/aromatic N) is 1. The Balaban J connectivity index is 1.90. The third kappa shape index (κ3) is 4.00. The number of piperidine rings is 1. The first-order valence-electron chi connectivity index (χ1n) is 6.98. The molecule has 1 aliphatic rings. The maximum Gasteiger partial charge on any atom is 0.253 e. The fourth-order valence-corrected chi connectivity index (χ4v) is 2.55. The van der Waals surface area contributed by atoms with Gasteiger partial charge in [0.25, 0.3) is 5.91 Å². The zero-order valence-corrected chi connectivity index (χ0v) is 11.7. The Labute approximate surface area is 118 Å². The van der Waals surface area contributed by atoms with E-state index in [9.17, 15) is 13.6 Å².